The van der Waals surface area contributed by atoms with E-state index in [0.29, 0.717) is 11.5 Å². The minimum atomic E-state index is 0.0540. The average molecular weight is 398 g/mol. The van der Waals surface area contributed by atoms with Crippen LogP contribution < -0.4 is 0 Å². The molecule has 1 aliphatic heterocycles. The van der Waals surface area contributed by atoms with Crippen molar-refractivity contribution in [2.24, 2.45) is 7.05 Å². The van der Waals surface area contributed by atoms with Gasteiger partial charge in [0, 0.05) is 67.5 Å². The molecule has 1 amide bonds. The summed E-state index contributed by atoms with van der Waals surface area (Å²) in [6.45, 7) is 1.46. The monoisotopic (exact) mass is 398 g/mol. The first-order chi connectivity index (χ1) is 14.7. The number of nitrogens with zero attached hydrogens (tertiary/aromatic N) is 6. The van der Waals surface area contributed by atoms with E-state index in [1.165, 1.54) is 0 Å². The van der Waals surface area contributed by atoms with Gasteiger partial charge in [-0.1, -0.05) is 0 Å². The van der Waals surface area contributed by atoms with Crippen LogP contribution in [0.1, 0.15) is 34.8 Å². The predicted molar refractivity (Wildman–Crippen MR) is 114 cm³/mol. The van der Waals surface area contributed by atoms with Gasteiger partial charge in [0.2, 0.25) is 0 Å². The molecule has 0 bridgehead atoms. The molecule has 7 heteroatoms. The van der Waals surface area contributed by atoms with Gasteiger partial charge in [-0.3, -0.25) is 14.5 Å². The van der Waals surface area contributed by atoms with Crippen molar-refractivity contribution in [3.8, 4) is 11.1 Å². The zero-order valence-electron chi connectivity index (χ0n) is 16.8. The Morgan fingerprint density at radius 1 is 1.03 bits per heavy atom. The highest BCUT2D eigenvalue weighted by Gasteiger charge is 2.26. The van der Waals surface area contributed by atoms with Gasteiger partial charge in [-0.05, 0) is 48.7 Å². The van der Waals surface area contributed by atoms with Crippen LogP contribution in [0.15, 0.2) is 61.3 Å². The second-order valence-electron chi connectivity index (χ2n) is 7.71. The Labute approximate surface area is 174 Å². The number of aryl methyl sites for hydroxylation is 1. The maximum absolute atomic E-state index is 12.6. The lowest BCUT2D eigenvalue weighted by atomic mass is 9.92. The van der Waals surface area contributed by atoms with Crippen LogP contribution in [0.5, 0.6) is 0 Å². The van der Waals surface area contributed by atoms with Crippen LogP contribution >= 0.6 is 0 Å². The summed E-state index contributed by atoms with van der Waals surface area (Å²) in [5.41, 5.74) is 4.61. The van der Waals surface area contributed by atoms with Gasteiger partial charge in [0.1, 0.15) is 0 Å². The zero-order chi connectivity index (χ0) is 20.5. The van der Waals surface area contributed by atoms with Gasteiger partial charge < -0.3 is 4.90 Å². The van der Waals surface area contributed by atoms with E-state index < -0.39 is 0 Å². The molecule has 150 valence electrons. The highest BCUT2D eigenvalue weighted by Crippen LogP contribution is 2.29. The summed E-state index contributed by atoms with van der Waals surface area (Å²) in [4.78, 5) is 28.0. The summed E-state index contributed by atoms with van der Waals surface area (Å²) in [7, 11) is 1.82. The fourth-order valence-electron chi connectivity index (χ4n) is 4.05. The Bertz CT molecular complexity index is 1190. The standard InChI is InChI=1S/C23H22N6O/c1-28-15-20(14-26-28)23(30)29-10-6-17(7-11-29)21-3-2-18-12-19(13-25-22(18)27-21)16-4-8-24-9-5-16/h2-5,8-9,12-15,17H,6-7,10-11H2,1H3. The van der Waals surface area contributed by atoms with Gasteiger partial charge in [-0.25, -0.2) is 9.97 Å². The predicted octanol–water partition coefficient (Wildman–Crippen LogP) is 3.45. The van der Waals surface area contributed by atoms with Crippen molar-refractivity contribution in [3.05, 3.63) is 72.6 Å². The number of hydrogen-bond donors (Lipinski definition) is 0. The van der Waals surface area contributed by atoms with Crippen LogP contribution in [0.2, 0.25) is 0 Å². The molecule has 5 rings (SSSR count). The van der Waals surface area contributed by atoms with Crippen LogP contribution in [0, 0.1) is 0 Å². The molecule has 0 aromatic carbocycles. The first-order valence-electron chi connectivity index (χ1n) is 10.1. The molecule has 1 saturated heterocycles. The van der Waals surface area contributed by atoms with Crippen LogP contribution in [0.25, 0.3) is 22.2 Å². The quantitative estimate of drug-likeness (QED) is 0.528. The number of likely N-dealkylation sites (tertiary alicyclic amines) is 1. The summed E-state index contributed by atoms with van der Waals surface area (Å²) < 4.78 is 1.66. The highest BCUT2D eigenvalue weighted by molar-refractivity contribution is 5.93. The van der Waals surface area contributed by atoms with Gasteiger partial charge >= 0.3 is 0 Å². The largest absolute Gasteiger partial charge is 0.339 e. The van der Waals surface area contributed by atoms with Crippen LogP contribution in [-0.4, -0.2) is 48.6 Å². The minimum Gasteiger partial charge on any atom is -0.339 e. The topological polar surface area (TPSA) is 76.8 Å². The number of rotatable bonds is 3. The number of amides is 1. The van der Waals surface area contributed by atoms with E-state index in [9.17, 15) is 4.79 Å². The van der Waals surface area contributed by atoms with E-state index in [0.717, 1.165) is 53.8 Å². The summed E-state index contributed by atoms with van der Waals surface area (Å²) >= 11 is 0. The Kier molecular flexibility index (Phi) is 4.71. The Balaban J connectivity index is 1.30. The molecule has 0 aliphatic carbocycles. The Morgan fingerprint density at radius 2 is 1.83 bits per heavy atom. The number of pyridine rings is 3. The molecule has 4 aromatic rings. The zero-order valence-corrected chi connectivity index (χ0v) is 16.8. The summed E-state index contributed by atoms with van der Waals surface area (Å²) in [6, 6.07) is 10.3. The van der Waals surface area contributed by atoms with E-state index in [2.05, 4.69) is 33.3 Å². The molecular weight excluding hydrogens is 376 g/mol. The fourth-order valence-corrected chi connectivity index (χ4v) is 4.05. The van der Waals surface area contributed by atoms with Gasteiger partial charge in [0.25, 0.3) is 5.91 Å². The molecule has 0 unspecified atom stereocenters. The van der Waals surface area contributed by atoms with Crippen LogP contribution in [-0.2, 0) is 7.05 Å². The lowest BCUT2D eigenvalue weighted by molar-refractivity contribution is 0.0712. The third kappa shape index (κ3) is 3.54. The van der Waals surface area contributed by atoms with Gasteiger partial charge in [-0.2, -0.15) is 5.10 Å². The Hall–Kier alpha value is -3.61. The van der Waals surface area contributed by atoms with Crippen molar-refractivity contribution in [1.29, 1.82) is 0 Å². The summed E-state index contributed by atoms with van der Waals surface area (Å²) in [5, 5.41) is 5.12. The number of carbonyl (C=O) groups is 1. The van der Waals surface area contributed by atoms with Gasteiger partial charge in [-0.15, -0.1) is 0 Å². The van der Waals surface area contributed by atoms with E-state index in [4.69, 9.17) is 4.98 Å². The fraction of sp³-hybridized carbons (Fsp3) is 0.261. The van der Waals surface area contributed by atoms with Crippen molar-refractivity contribution in [2.45, 2.75) is 18.8 Å². The van der Waals surface area contributed by atoms with Crippen LogP contribution in [0.3, 0.4) is 0 Å². The molecule has 7 nitrogen and oxygen atoms in total. The van der Waals surface area contributed by atoms with E-state index >= 15 is 0 Å². The van der Waals surface area contributed by atoms with Crippen molar-refractivity contribution >= 4 is 16.9 Å². The molecule has 30 heavy (non-hydrogen) atoms. The lowest BCUT2D eigenvalue weighted by Gasteiger charge is -2.31. The smallest absolute Gasteiger partial charge is 0.257 e. The Morgan fingerprint density at radius 3 is 2.57 bits per heavy atom. The number of fused-ring (bicyclic) bond motifs is 1. The number of aromatic nitrogens is 5. The van der Waals surface area contributed by atoms with Crippen molar-refractivity contribution in [2.75, 3.05) is 13.1 Å². The van der Waals surface area contributed by atoms with Gasteiger partial charge in [0.15, 0.2) is 5.65 Å². The van der Waals surface area contributed by atoms with Crippen molar-refractivity contribution in [1.82, 2.24) is 29.6 Å². The van der Waals surface area contributed by atoms with E-state index in [1.807, 2.05) is 30.3 Å². The van der Waals surface area contributed by atoms with Gasteiger partial charge in [0.05, 0.1) is 11.8 Å². The number of carbonyl (C=O) groups excluding carboxylic acids is 1. The second-order valence-corrected chi connectivity index (χ2v) is 7.71. The molecule has 1 aliphatic rings. The molecule has 5 heterocycles. The maximum Gasteiger partial charge on any atom is 0.257 e. The van der Waals surface area contributed by atoms with Crippen molar-refractivity contribution < 1.29 is 4.79 Å². The summed E-state index contributed by atoms with van der Waals surface area (Å²) in [6.07, 6.45) is 10.6. The molecule has 0 N–H and O–H groups in total. The molecule has 0 spiro atoms. The molecule has 4 aromatic heterocycles. The van der Waals surface area contributed by atoms with E-state index in [-0.39, 0.29) is 5.91 Å². The molecule has 1 fully saturated rings. The third-order valence-corrected chi connectivity index (χ3v) is 5.73. The third-order valence-electron chi connectivity index (χ3n) is 5.73. The highest BCUT2D eigenvalue weighted by atomic mass is 16.2. The average Bonchev–Trinajstić information content (AvgIpc) is 3.25. The first-order valence-corrected chi connectivity index (χ1v) is 10.1. The normalized spacial score (nSPS) is 14.9. The summed E-state index contributed by atoms with van der Waals surface area (Å²) in [5.74, 6) is 0.396. The van der Waals surface area contributed by atoms with Crippen molar-refractivity contribution in [3.63, 3.8) is 0 Å². The maximum atomic E-state index is 12.6. The molecule has 0 atom stereocenters. The lowest BCUT2D eigenvalue weighted by Crippen LogP contribution is -2.37. The number of piperidine rings is 1. The SMILES string of the molecule is Cn1cc(C(=O)N2CCC(c3ccc4cc(-c5ccncc5)cnc4n3)CC2)cn1. The number of hydrogen-bond acceptors (Lipinski definition) is 5. The second kappa shape index (κ2) is 7.67. The van der Waals surface area contributed by atoms with Crippen LogP contribution in [0.4, 0.5) is 0 Å². The first kappa shape index (κ1) is 18.4. The van der Waals surface area contributed by atoms with E-state index in [1.54, 1.807) is 29.5 Å². The minimum absolute atomic E-state index is 0.0540. The molecular formula is C23H22N6O. The molecule has 0 radical (unpaired) electrons. The molecule has 0 saturated carbocycles.